The first-order valence-electron chi connectivity index (χ1n) is 38.0. The molecule has 2 rings (SSSR count). The van der Waals surface area contributed by atoms with Crippen LogP contribution in [0.15, 0.2) is 0 Å². The number of rotatable bonds is 63. The second-order valence-electron chi connectivity index (χ2n) is 28.7. The van der Waals surface area contributed by atoms with Gasteiger partial charge in [-0.1, -0.05) is 72.6 Å². The number of carbonyl (C=O) groups excluding carboxylic acids is 7. The first-order valence-corrected chi connectivity index (χ1v) is 38.0. The molecule has 0 aromatic rings. The van der Waals surface area contributed by atoms with Crippen molar-refractivity contribution in [2.24, 2.45) is 11.3 Å². The Kier molecular flexibility index (Phi) is 52.9. The molecule has 35 heteroatoms. The van der Waals surface area contributed by atoms with E-state index in [1.165, 1.54) is 26.2 Å². The van der Waals surface area contributed by atoms with Crippen molar-refractivity contribution in [2.45, 2.75) is 280 Å². The monoisotopic (exact) mass is 1530 g/mol. The number of aliphatic hydroxyl groups is 13. The van der Waals surface area contributed by atoms with E-state index in [9.17, 15) is 99.9 Å². The Morgan fingerprint density at radius 2 is 0.708 bits per heavy atom. The Labute approximate surface area is 623 Å². The van der Waals surface area contributed by atoms with Gasteiger partial charge >= 0.3 is 0 Å². The lowest BCUT2D eigenvalue weighted by Crippen LogP contribution is -2.59. The van der Waals surface area contributed by atoms with Crippen molar-refractivity contribution in [3.8, 4) is 0 Å². The summed E-state index contributed by atoms with van der Waals surface area (Å²) in [5.41, 5.74) is -1.07. The van der Waals surface area contributed by atoms with Crippen LogP contribution in [0.2, 0.25) is 0 Å². The molecule has 7 amide bonds. The van der Waals surface area contributed by atoms with Crippen LogP contribution in [0.1, 0.15) is 188 Å². The second-order valence-corrected chi connectivity index (χ2v) is 28.7. The van der Waals surface area contributed by atoms with Crippen molar-refractivity contribution in [1.29, 1.82) is 0 Å². The number of hydrogen-bond acceptors (Lipinski definition) is 28. The zero-order chi connectivity index (χ0) is 78.7. The van der Waals surface area contributed by atoms with Crippen LogP contribution >= 0.6 is 0 Å². The molecule has 2 heterocycles. The summed E-state index contributed by atoms with van der Waals surface area (Å²) < 4.78 is 45.0. The molecule has 620 valence electrons. The molecule has 20 N–H and O–H groups in total. The predicted molar refractivity (Wildman–Crippen MR) is 382 cm³/mol. The molecule has 2 saturated heterocycles. The standard InChI is InChI=1S/C71H133N7O28/c1-48(42-79)58(89)61(92)64(95)67(98)102-36-16-12-22-51(82)72-30-19-33-75-54(85)26-39-99-45-71(78-57(88)25-11-9-7-5-6-8-10-15-29-70(2,3)4,46-100-40-27-55(86)76-34-20-31-73-52(83)23-13-17-37-103-68-65(96)62(93)59(90)49(43-80)105-68)47-101-41-28-56(87)77-35-21-32-74-53(84)24-14-18-38-104-69-66(97)63(94)60(91)50(44-81)106-69/h48-50,58-69,79-81,89-98H,5-47H2,1-4H3,(H,72,82)(H,73,83)(H,74,84)(H,75,85)(H,76,86)(H,77,87)(H,78,88). The molecule has 0 aromatic carbocycles. The molecule has 15 unspecified atom stereocenters. The SMILES string of the molecule is CC(CO)C(O)C(O)C(O)C(O)OCCCCC(=O)NCCCNC(=O)CCOCC(COCCC(=O)NCCCNC(=O)CCCCOC1OC(CO)C(O)C(O)C1O)(COCCC(=O)NCCCNC(=O)CCCCOC1OC(CO)C(O)C(O)C1O)NC(=O)CCCCCCCCCCC(C)(C)C. The fourth-order valence-electron chi connectivity index (χ4n) is 11.1. The molecule has 2 aliphatic heterocycles. The van der Waals surface area contributed by atoms with Crippen molar-refractivity contribution in [2.75, 3.05) is 119 Å². The highest BCUT2D eigenvalue weighted by molar-refractivity contribution is 5.78. The summed E-state index contributed by atoms with van der Waals surface area (Å²) >= 11 is 0. The van der Waals surface area contributed by atoms with Crippen LogP contribution in [0.3, 0.4) is 0 Å². The molecule has 0 saturated carbocycles. The largest absolute Gasteiger partial charge is 0.396 e. The molecule has 0 aliphatic carbocycles. The number of unbranched alkanes of at least 4 members (excludes halogenated alkanes) is 10. The Morgan fingerprint density at radius 1 is 0.377 bits per heavy atom. The summed E-state index contributed by atoms with van der Waals surface area (Å²) in [4.78, 5) is 90.3. The zero-order valence-corrected chi connectivity index (χ0v) is 63.0. The Balaban J connectivity index is 1.99. The maximum absolute atomic E-state index is 13.9. The number of amides is 7. The van der Waals surface area contributed by atoms with Crippen LogP contribution in [0.25, 0.3) is 0 Å². The van der Waals surface area contributed by atoms with E-state index < -0.39 is 117 Å². The lowest BCUT2D eigenvalue weighted by Gasteiger charge is -2.39. The molecule has 0 aromatic heterocycles. The maximum Gasteiger partial charge on any atom is 0.222 e. The number of nitrogens with one attached hydrogen (secondary N) is 7. The second kappa shape index (κ2) is 57.5. The molecular formula is C71H133N7O28. The number of ether oxygens (including phenoxy) is 8. The van der Waals surface area contributed by atoms with Gasteiger partial charge in [0.1, 0.15) is 66.6 Å². The fraction of sp³-hybridized carbons (Fsp3) is 0.901. The summed E-state index contributed by atoms with van der Waals surface area (Å²) in [7, 11) is 0. The van der Waals surface area contributed by atoms with Gasteiger partial charge < -0.3 is 141 Å². The summed E-state index contributed by atoms with van der Waals surface area (Å²) in [6.07, 6.45) is -7.70. The van der Waals surface area contributed by atoms with Crippen LogP contribution in [0, 0.1) is 11.3 Å². The first kappa shape index (κ1) is 97.5. The van der Waals surface area contributed by atoms with Gasteiger partial charge in [0, 0.05) is 117 Å². The van der Waals surface area contributed by atoms with Gasteiger partial charge in [-0.25, -0.2) is 0 Å². The van der Waals surface area contributed by atoms with E-state index >= 15 is 0 Å². The molecule has 0 spiro atoms. The van der Waals surface area contributed by atoms with Crippen molar-refractivity contribution in [1.82, 2.24) is 37.2 Å². The average Bonchev–Trinajstić information content (AvgIpc) is 0.830. The van der Waals surface area contributed by atoms with E-state index in [0.717, 1.165) is 32.1 Å². The van der Waals surface area contributed by atoms with Crippen molar-refractivity contribution in [3.05, 3.63) is 0 Å². The molecule has 0 bridgehead atoms. The Bertz CT molecular complexity index is 2280. The highest BCUT2D eigenvalue weighted by atomic mass is 16.7. The minimum absolute atomic E-state index is 0.0552. The number of carbonyl (C=O) groups is 7. The van der Waals surface area contributed by atoms with Gasteiger partial charge in [0.05, 0.1) is 59.0 Å². The molecule has 15 atom stereocenters. The van der Waals surface area contributed by atoms with Gasteiger partial charge in [-0.2, -0.15) is 0 Å². The van der Waals surface area contributed by atoms with E-state index in [4.69, 9.17) is 37.9 Å². The molecule has 2 fully saturated rings. The summed E-state index contributed by atoms with van der Waals surface area (Å²) in [6.45, 7) is 7.21. The molecule has 106 heavy (non-hydrogen) atoms. The first-order chi connectivity index (χ1) is 50.6. The molecular weight excluding hydrogens is 1400 g/mol. The Hall–Kier alpha value is -4.55. The van der Waals surface area contributed by atoms with Crippen molar-refractivity contribution < 1.29 is 138 Å². The van der Waals surface area contributed by atoms with Gasteiger partial charge in [0.15, 0.2) is 18.9 Å². The average molecular weight is 1530 g/mol. The van der Waals surface area contributed by atoms with E-state index in [2.05, 4.69) is 58.0 Å². The van der Waals surface area contributed by atoms with Gasteiger partial charge in [-0.3, -0.25) is 33.6 Å². The summed E-state index contributed by atoms with van der Waals surface area (Å²) in [5.74, 6) is -2.87. The molecule has 0 radical (unpaired) electrons. The third-order valence-electron chi connectivity index (χ3n) is 17.8. The predicted octanol–water partition coefficient (Wildman–Crippen LogP) is -2.93. The lowest BCUT2D eigenvalue weighted by molar-refractivity contribution is -0.301. The highest BCUT2D eigenvalue weighted by Crippen LogP contribution is 2.26. The zero-order valence-electron chi connectivity index (χ0n) is 63.0. The van der Waals surface area contributed by atoms with Crippen molar-refractivity contribution >= 4 is 41.4 Å². The van der Waals surface area contributed by atoms with Gasteiger partial charge in [0.2, 0.25) is 41.4 Å². The quantitative estimate of drug-likeness (QED) is 0.0214. The van der Waals surface area contributed by atoms with Crippen LogP contribution in [0.4, 0.5) is 0 Å². The highest BCUT2D eigenvalue weighted by Gasteiger charge is 2.45. The third kappa shape index (κ3) is 43.7. The van der Waals surface area contributed by atoms with E-state index in [1.807, 2.05) is 0 Å². The van der Waals surface area contributed by atoms with Crippen LogP contribution in [-0.2, 0) is 71.5 Å². The Morgan fingerprint density at radius 3 is 1.07 bits per heavy atom. The summed E-state index contributed by atoms with van der Waals surface area (Å²) in [6, 6.07) is 0. The number of hydrogen-bond donors (Lipinski definition) is 20. The van der Waals surface area contributed by atoms with Crippen LogP contribution in [-0.4, -0.2) is 318 Å². The van der Waals surface area contributed by atoms with Gasteiger partial charge in [-0.15, -0.1) is 0 Å². The fourth-order valence-corrected chi connectivity index (χ4v) is 11.1. The lowest BCUT2D eigenvalue weighted by atomic mass is 9.89. The van der Waals surface area contributed by atoms with E-state index in [0.29, 0.717) is 69.6 Å². The molecule has 2 aliphatic rings. The van der Waals surface area contributed by atoms with Gasteiger partial charge in [-0.05, 0) is 76.0 Å². The number of aliphatic hydroxyl groups excluding tert-OH is 13. The van der Waals surface area contributed by atoms with Gasteiger partial charge in [0.25, 0.3) is 0 Å². The summed E-state index contributed by atoms with van der Waals surface area (Å²) in [5, 5.41) is 148. The van der Waals surface area contributed by atoms with Crippen molar-refractivity contribution in [3.63, 3.8) is 0 Å². The normalized spacial score (nSPS) is 22.4. The maximum atomic E-state index is 13.9. The van der Waals surface area contributed by atoms with E-state index in [1.54, 1.807) is 0 Å². The van der Waals surface area contributed by atoms with Crippen LogP contribution in [0.5, 0.6) is 0 Å². The minimum Gasteiger partial charge on any atom is -0.396 e. The smallest absolute Gasteiger partial charge is 0.222 e. The van der Waals surface area contributed by atoms with Crippen LogP contribution < -0.4 is 37.2 Å². The van der Waals surface area contributed by atoms with E-state index in [-0.39, 0.29) is 185 Å². The topological polar surface area (TPSA) is 541 Å². The molecule has 35 nitrogen and oxygen atoms in total. The third-order valence-corrected chi connectivity index (χ3v) is 17.8. The minimum atomic E-state index is -1.83.